The second kappa shape index (κ2) is 11.6. The van der Waals surface area contributed by atoms with Crippen molar-refractivity contribution in [2.24, 2.45) is 0 Å². The van der Waals surface area contributed by atoms with Gasteiger partial charge >= 0.3 is 0 Å². The first kappa shape index (κ1) is 27.3. The van der Waals surface area contributed by atoms with Gasteiger partial charge in [-0.05, 0) is 101 Å². The highest BCUT2D eigenvalue weighted by molar-refractivity contribution is 6.98. The van der Waals surface area contributed by atoms with Crippen LogP contribution in [0.4, 0.5) is 0 Å². The Hall–Kier alpha value is -4.83. The maximum atomic E-state index is 6.69. The molecule has 2 aliphatic rings. The lowest BCUT2D eigenvalue weighted by Crippen LogP contribution is -2.57. The minimum absolute atomic E-state index is 0.0142. The third kappa shape index (κ3) is 4.84. The van der Waals surface area contributed by atoms with E-state index in [1.807, 2.05) is 46.0 Å². The van der Waals surface area contributed by atoms with Crippen LogP contribution in [0.5, 0.6) is 23.0 Å². The van der Waals surface area contributed by atoms with Crippen LogP contribution in [0.25, 0.3) is 27.8 Å². The molecule has 7 rings (SSSR count). The van der Waals surface area contributed by atoms with Crippen LogP contribution in [0.2, 0.25) is 0 Å². The van der Waals surface area contributed by atoms with Crippen molar-refractivity contribution in [1.82, 2.24) is 4.98 Å². The topological polar surface area (TPSA) is 31.4 Å². The van der Waals surface area contributed by atoms with Gasteiger partial charge in [-0.15, -0.1) is 0 Å². The van der Waals surface area contributed by atoms with Gasteiger partial charge in [-0.2, -0.15) is 0 Å². The van der Waals surface area contributed by atoms with E-state index < -0.39 is 0 Å². The average molecular weight is 548 g/mol. The summed E-state index contributed by atoms with van der Waals surface area (Å²) in [6.07, 6.45) is 8.19. The molecule has 0 N–H and O–H groups in total. The van der Waals surface area contributed by atoms with Crippen molar-refractivity contribution in [1.29, 1.82) is 0 Å². The number of pyridine rings is 1. The Morgan fingerprint density at radius 1 is 0.667 bits per heavy atom. The van der Waals surface area contributed by atoms with Crippen molar-refractivity contribution in [2.45, 2.75) is 34.6 Å². The molecule has 0 unspecified atom stereocenters. The third-order valence-corrected chi connectivity index (χ3v) is 7.81. The lowest BCUT2D eigenvalue weighted by Gasteiger charge is -2.34. The third-order valence-electron chi connectivity index (χ3n) is 7.81. The molecule has 0 saturated heterocycles. The molecular formula is C38H34BNO2. The summed E-state index contributed by atoms with van der Waals surface area (Å²) >= 11 is 0. The zero-order chi connectivity index (χ0) is 29.2. The number of hydrogen-bond donors (Lipinski definition) is 0. The van der Waals surface area contributed by atoms with Gasteiger partial charge < -0.3 is 9.47 Å². The Morgan fingerprint density at radius 2 is 1.31 bits per heavy atom. The Morgan fingerprint density at radius 3 is 1.98 bits per heavy atom. The molecule has 1 aromatic heterocycles. The Kier molecular flexibility index (Phi) is 7.54. The number of nitrogens with zero attached hydrogens (tertiary/aromatic N) is 1. The number of hydrogen-bond acceptors (Lipinski definition) is 3. The number of rotatable bonds is 4. The van der Waals surface area contributed by atoms with Gasteiger partial charge in [-0.25, -0.2) is 0 Å². The second-order valence-corrected chi connectivity index (χ2v) is 10.3. The predicted molar refractivity (Wildman–Crippen MR) is 177 cm³/mol. The van der Waals surface area contributed by atoms with Crippen LogP contribution in [-0.2, 0) is 0 Å². The van der Waals surface area contributed by atoms with E-state index in [0.717, 1.165) is 67.3 Å². The molecule has 206 valence electrons. The van der Waals surface area contributed by atoms with Gasteiger partial charge in [-0.3, -0.25) is 4.98 Å². The summed E-state index contributed by atoms with van der Waals surface area (Å²) in [5.74, 6) is 3.44. The monoisotopic (exact) mass is 547 g/mol. The molecule has 4 aromatic carbocycles. The minimum Gasteiger partial charge on any atom is -0.458 e. The highest BCUT2D eigenvalue weighted by Crippen LogP contribution is 2.39. The van der Waals surface area contributed by atoms with Gasteiger partial charge in [0.25, 0.3) is 6.71 Å². The summed E-state index contributed by atoms with van der Waals surface area (Å²) in [5, 5.41) is 0. The van der Waals surface area contributed by atoms with Crippen LogP contribution in [0, 0.1) is 6.92 Å². The summed E-state index contributed by atoms with van der Waals surface area (Å²) in [4.78, 5) is 4.39. The van der Waals surface area contributed by atoms with E-state index in [-0.39, 0.29) is 6.71 Å². The largest absolute Gasteiger partial charge is 0.458 e. The fourth-order valence-electron chi connectivity index (χ4n) is 5.91. The standard InChI is InChI=1S/C36H28BNO2.C2H6/c1-4-9-24(5-2)26-12-14-30-32(19-26)39-34-21-29(28-16-17-38-23(3)18-28)22-35-36(34)37(30)31-15-13-27(20-33(31)40-35)25-10-7-6-8-11-25;1-2/h4-22H,1-3H3;1-2H3/b9-4-,24-5+;. The molecule has 0 saturated carbocycles. The molecule has 0 atom stereocenters. The van der Waals surface area contributed by atoms with Gasteiger partial charge in [0.2, 0.25) is 0 Å². The molecule has 3 heterocycles. The second-order valence-electron chi connectivity index (χ2n) is 10.3. The molecule has 0 bridgehead atoms. The van der Waals surface area contributed by atoms with E-state index in [1.165, 1.54) is 11.1 Å². The number of aryl methyl sites for hydroxylation is 1. The number of ether oxygens (including phenoxy) is 2. The van der Waals surface area contributed by atoms with Crippen molar-refractivity contribution in [3.05, 3.63) is 127 Å². The highest BCUT2D eigenvalue weighted by atomic mass is 16.5. The summed E-state index contributed by atoms with van der Waals surface area (Å²) in [6, 6.07) is 32.0. The zero-order valence-electron chi connectivity index (χ0n) is 24.8. The molecule has 42 heavy (non-hydrogen) atoms. The van der Waals surface area contributed by atoms with Gasteiger partial charge in [0.05, 0.1) is 0 Å². The molecule has 0 spiro atoms. The number of allylic oxidation sites excluding steroid dienone is 4. The molecule has 0 fully saturated rings. The zero-order valence-corrected chi connectivity index (χ0v) is 24.8. The number of benzene rings is 4. The SMILES string of the molecule is C/C=C\C(=C/C)c1ccc2c(c1)Oc1cc(-c3ccnc(C)c3)cc3c1B2c1ccc(-c2ccccc2)cc1O3.CC. The maximum Gasteiger partial charge on any atom is 0.260 e. The summed E-state index contributed by atoms with van der Waals surface area (Å²) < 4.78 is 13.4. The highest BCUT2D eigenvalue weighted by Gasteiger charge is 2.40. The van der Waals surface area contributed by atoms with E-state index in [2.05, 4.69) is 109 Å². The first-order valence-electron chi connectivity index (χ1n) is 14.7. The molecule has 5 aromatic rings. The van der Waals surface area contributed by atoms with Crippen molar-refractivity contribution >= 4 is 28.7 Å². The van der Waals surface area contributed by atoms with Gasteiger partial charge in [0.1, 0.15) is 23.0 Å². The molecule has 0 aliphatic carbocycles. The molecule has 4 heteroatoms. The van der Waals surface area contributed by atoms with Crippen molar-refractivity contribution < 1.29 is 9.47 Å². The van der Waals surface area contributed by atoms with Gasteiger partial charge in [0, 0.05) is 17.4 Å². The minimum atomic E-state index is 0.0142. The van der Waals surface area contributed by atoms with Crippen LogP contribution < -0.4 is 25.9 Å². The van der Waals surface area contributed by atoms with Crippen LogP contribution in [0.15, 0.2) is 115 Å². The van der Waals surface area contributed by atoms with Crippen molar-refractivity contribution in [3.8, 4) is 45.3 Å². The Labute approximate surface area is 249 Å². The van der Waals surface area contributed by atoms with E-state index in [1.54, 1.807) is 0 Å². The fourth-order valence-corrected chi connectivity index (χ4v) is 5.91. The summed E-state index contributed by atoms with van der Waals surface area (Å²) in [6.45, 7) is 10.1. The first-order valence-corrected chi connectivity index (χ1v) is 14.7. The van der Waals surface area contributed by atoms with Crippen LogP contribution in [0.3, 0.4) is 0 Å². The maximum absolute atomic E-state index is 6.69. The summed E-state index contributed by atoms with van der Waals surface area (Å²) in [5.41, 5.74) is 11.1. The van der Waals surface area contributed by atoms with Crippen LogP contribution in [-0.4, -0.2) is 11.7 Å². The van der Waals surface area contributed by atoms with Crippen LogP contribution >= 0.6 is 0 Å². The van der Waals surface area contributed by atoms with Gasteiger partial charge in [0.15, 0.2) is 0 Å². The Balaban J connectivity index is 0.00000155. The number of aromatic nitrogens is 1. The average Bonchev–Trinajstić information content (AvgIpc) is 3.04. The van der Waals surface area contributed by atoms with E-state index >= 15 is 0 Å². The quantitative estimate of drug-likeness (QED) is 0.164. The molecular weight excluding hydrogens is 513 g/mol. The molecule has 0 amide bonds. The summed E-state index contributed by atoms with van der Waals surface area (Å²) in [7, 11) is 0. The van der Waals surface area contributed by atoms with E-state index in [0.29, 0.717) is 0 Å². The smallest absolute Gasteiger partial charge is 0.260 e. The number of fused-ring (bicyclic) bond motifs is 4. The fraction of sp³-hybridized carbons (Fsp3) is 0.132. The van der Waals surface area contributed by atoms with Crippen molar-refractivity contribution in [3.63, 3.8) is 0 Å². The molecule has 0 radical (unpaired) electrons. The molecule has 2 aliphatic heterocycles. The van der Waals surface area contributed by atoms with Crippen molar-refractivity contribution in [2.75, 3.05) is 0 Å². The first-order chi connectivity index (χ1) is 20.6. The lowest BCUT2D eigenvalue weighted by atomic mass is 9.34. The van der Waals surface area contributed by atoms with E-state index in [4.69, 9.17) is 9.47 Å². The van der Waals surface area contributed by atoms with E-state index in [9.17, 15) is 0 Å². The lowest BCUT2D eigenvalue weighted by molar-refractivity contribution is 0.465. The normalized spacial score (nSPS) is 12.8. The van der Waals surface area contributed by atoms with Gasteiger partial charge in [-0.1, -0.05) is 86.7 Å². The predicted octanol–water partition coefficient (Wildman–Crippen LogP) is 8.46. The van der Waals surface area contributed by atoms with Crippen LogP contribution in [0.1, 0.15) is 39.0 Å². The Bertz CT molecular complexity index is 1840. The molecule has 3 nitrogen and oxygen atoms in total.